The summed E-state index contributed by atoms with van der Waals surface area (Å²) in [4.78, 5) is 23.6. The number of alkyl halides is 1. The lowest BCUT2D eigenvalue weighted by molar-refractivity contribution is 0.0512. The Morgan fingerprint density at radius 3 is 2.45 bits per heavy atom. The minimum Gasteiger partial charge on any atom is -0.357 e. The highest BCUT2D eigenvalue weighted by atomic mass is 19.1. The van der Waals surface area contributed by atoms with E-state index in [1.165, 1.54) is 24.1 Å². The number of piperidine rings is 1. The molecule has 33 heavy (non-hydrogen) atoms. The lowest BCUT2D eigenvalue weighted by Gasteiger charge is -2.36. The maximum atomic E-state index is 15.4. The van der Waals surface area contributed by atoms with E-state index in [2.05, 4.69) is 43.8 Å². The van der Waals surface area contributed by atoms with Crippen molar-refractivity contribution in [3.8, 4) is 0 Å². The number of hydrogen-bond donors (Lipinski definition) is 0. The first-order chi connectivity index (χ1) is 16.1. The van der Waals surface area contributed by atoms with Crippen LogP contribution < -0.4 is 9.80 Å². The third kappa shape index (κ3) is 3.71. The summed E-state index contributed by atoms with van der Waals surface area (Å²) in [5.74, 6) is 2.65. The van der Waals surface area contributed by atoms with Crippen molar-refractivity contribution in [3.63, 3.8) is 0 Å². The fourth-order valence-corrected chi connectivity index (χ4v) is 5.57. The largest absolute Gasteiger partial charge is 0.357 e. The second kappa shape index (κ2) is 8.19. The summed E-state index contributed by atoms with van der Waals surface area (Å²) < 4.78 is 15.4. The number of aromatic nitrogens is 4. The molecule has 1 saturated carbocycles. The summed E-state index contributed by atoms with van der Waals surface area (Å²) in [5.41, 5.74) is 1.84. The molecule has 2 saturated heterocycles. The number of rotatable bonds is 4. The monoisotopic (exact) mass is 446 g/mol. The van der Waals surface area contributed by atoms with Crippen molar-refractivity contribution in [3.05, 3.63) is 47.7 Å². The van der Waals surface area contributed by atoms with E-state index >= 15 is 4.39 Å². The van der Waals surface area contributed by atoms with E-state index in [1.807, 2.05) is 18.5 Å². The summed E-state index contributed by atoms with van der Waals surface area (Å²) in [6.07, 6.45) is 10.1. The molecule has 0 radical (unpaired) electrons. The fourth-order valence-electron chi connectivity index (χ4n) is 5.57. The Kier molecular flexibility index (Phi) is 5.15. The maximum Gasteiger partial charge on any atom is 0.170 e. The van der Waals surface area contributed by atoms with Gasteiger partial charge in [-0.3, -0.25) is 4.98 Å². The third-order valence-electron chi connectivity index (χ3n) is 7.76. The number of pyridine rings is 2. The van der Waals surface area contributed by atoms with E-state index in [9.17, 15) is 0 Å². The van der Waals surface area contributed by atoms with Crippen molar-refractivity contribution < 1.29 is 4.39 Å². The first kappa shape index (κ1) is 20.8. The van der Waals surface area contributed by atoms with Gasteiger partial charge in [0.05, 0.1) is 11.7 Å². The first-order valence-corrected chi connectivity index (χ1v) is 12.4. The number of fused-ring (bicyclic) bond motifs is 1. The molecule has 0 amide bonds. The Morgan fingerprint density at radius 2 is 1.76 bits per heavy atom. The van der Waals surface area contributed by atoms with Crippen LogP contribution in [-0.2, 0) is 5.67 Å². The van der Waals surface area contributed by atoms with Crippen LogP contribution in [-0.4, -0.2) is 46.1 Å². The molecule has 0 aromatic carbocycles. The van der Waals surface area contributed by atoms with E-state index in [-0.39, 0.29) is 0 Å². The minimum atomic E-state index is -1.39. The van der Waals surface area contributed by atoms with Gasteiger partial charge >= 0.3 is 0 Å². The molecule has 7 heteroatoms. The summed E-state index contributed by atoms with van der Waals surface area (Å²) in [6, 6.07) is 6.27. The van der Waals surface area contributed by atoms with Crippen LogP contribution in [0.2, 0.25) is 0 Å². The molecule has 3 aromatic rings. The number of aryl methyl sites for hydroxylation is 1. The minimum absolute atomic E-state index is 0.342. The third-order valence-corrected chi connectivity index (χ3v) is 7.76. The summed E-state index contributed by atoms with van der Waals surface area (Å²) >= 11 is 0. The van der Waals surface area contributed by atoms with Crippen molar-refractivity contribution in [2.45, 2.75) is 63.5 Å². The van der Waals surface area contributed by atoms with Gasteiger partial charge in [0.1, 0.15) is 11.6 Å². The topological polar surface area (TPSA) is 58.0 Å². The molecular formula is C26H31FN6. The SMILES string of the molecule is Cc1cccnc1C1CCN(c2nc(C3(F)CCC3)nc3cnc(N4CCCC4)cc23)CC1. The van der Waals surface area contributed by atoms with Crippen molar-refractivity contribution in [1.82, 2.24) is 19.9 Å². The highest BCUT2D eigenvalue weighted by Gasteiger charge is 2.42. The van der Waals surface area contributed by atoms with Gasteiger partial charge in [-0.15, -0.1) is 0 Å². The van der Waals surface area contributed by atoms with Crippen molar-refractivity contribution in [2.75, 3.05) is 36.0 Å². The predicted octanol–water partition coefficient (Wildman–Crippen LogP) is 5.06. The van der Waals surface area contributed by atoms with Gasteiger partial charge in [0.25, 0.3) is 0 Å². The Morgan fingerprint density at radius 1 is 0.970 bits per heavy atom. The maximum absolute atomic E-state index is 15.4. The molecule has 0 unspecified atom stereocenters. The molecule has 2 aliphatic heterocycles. The smallest absolute Gasteiger partial charge is 0.170 e. The van der Waals surface area contributed by atoms with Crippen LogP contribution in [0.4, 0.5) is 16.0 Å². The van der Waals surface area contributed by atoms with Crippen LogP contribution in [0.1, 0.15) is 67.9 Å². The van der Waals surface area contributed by atoms with Gasteiger partial charge < -0.3 is 9.80 Å². The number of nitrogens with zero attached hydrogens (tertiary/aromatic N) is 6. The molecule has 0 atom stereocenters. The van der Waals surface area contributed by atoms with Crippen LogP contribution in [0.5, 0.6) is 0 Å². The second-order valence-corrected chi connectivity index (χ2v) is 9.91. The molecule has 6 nitrogen and oxygen atoms in total. The fraction of sp³-hybridized carbons (Fsp3) is 0.538. The van der Waals surface area contributed by atoms with Crippen LogP contribution >= 0.6 is 0 Å². The lowest BCUT2D eigenvalue weighted by Crippen LogP contribution is -2.36. The normalized spacial score (nSPS) is 20.9. The van der Waals surface area contributed by atoms with Gasteiger partial charge in [-0.2, -0.15) is 0 Å². The van der Waals surface area contributed by atoms with Gasteiger partial charge in [0.15, 0.2) is 11.5 Å². The number of halogens is 1. The molecular weight excluding hydrogens is 415 g/mol. The molecule has 3 aliphatic rings. The summed E-state index contributed by atoms with van der Waals surface area (Å²) in [7, 11) is 0. The van der Waals surface area contributed by atoms with Gasteiger partial charge in [-0.05, 0) is 69.6 Å². The zero-order chi connectivity index (χ0) is 22.4. The highest BCUT2D eigenvalue weighted by molar-refractivity contribution is 5.91. The molecule has 172 valence electrons. The zero-order valence-corrected chi connectivity index (χ0v) is 19.3. The second-order valence-electron chi connectivity index (χ2n) is 9.91. The summed E-state index contributed by atoms with van der Waals surface area (Å²) in [5, 5.41) is 0.992. The zero-order valence-electron chi connectivity index (χ0n) is 19.3. The summed E-state index contributed by atoms with van der Waals surface area (Å²) in [6.45, 7) is 5.98. The molecule has 0 spiro atoms. The standard InChI is InChI=1S/C26H31FN6/c1-18-6-4-11-28-23(18)19-7-14-33(15-8-19)24-20-16-22(32-12-2-3-13-32)29-17-21(20)30-25(31-24)26(27)9-5-10-26/h4,6,11,16-17,19H,2-3,5,7-10,12-15H2,1H3. The first-order valence-electron chi connectivity index (χ1n) is 12.4. The van der Waals surface area contributed by atoms with Gasteiger partial charge in [0, 0.05) is 49.4 Å². The van der Waals surface area contributed by atoms with Crippen molar-refractivity contribution in [2.24, 2.45) is 0 Å². The van der Waals surface area contributed by atoms with E-state index in [4.69, 9.17) is 4.98 Å². The van der Waals surface area contributed by atoms with Crippen molar-refractivity contribution in [1.29, 1.82) is 0 Å². The Hall–Kier alpha value is -2.83. The quantitative estimate of drug-likeness (QED) is 0.558. The van der Waals surface area contributed by atoms with Crippen LogP contribution in [0.25, 0.3) is 10.9 Å². The molecule has 5 heterocycles. The van der Waals surface area contributed by atoms with Crippen LogP contribution in [0, 0.1) is 6.92 Å². The Balaban J connectivity index is 1.35. The Labute approximate surface area is 194 Å². The van der Waals surface area contributed by atoms with E-state index < -0.39 is 5.67 Å². The molecule has 0 bridgehead atoms. The van der Waals surface area contributed by atoms with Gasteiger partial charge in [-0.25, -0.2) is 19.3 Å². The van der Waals surface area contributed by atoms with Crippen LogP contribution in [0.15, 0.2) is 30.6 Å². The van der Waals surface area contributed by atoms with Crippen LogP contribution in [0.3, 0.4) is 0 Å². The molecule has 6 rings (SSSR count). The van der Waals surface area contributed by atoms with E-state index in [0.29, 0.717) is 24.6 Å². The lowest BCUT2D eigenvalue weighted by atomic mass is 9.81. The number of hydrogen-bond acceptors (Lipinski definition) is 6. The predicted molar refractivity (Wildman–Crippen MR) is 129 cm³/mol. The van der Waals surface area contributed by atoms with Gasteiger partial charge in [-0.1, -0.05) is 6.07 Å². The average molecular weight is 447 g/mol. The van der Waals surface area contributed by atoms with Gasteiger partial charge in [0.2, 0.25) is 0 Å². The number of anilines is 2. The van der Waals surface area contributed by atoms with E-state index in [0.717, 1.165) is 68.0 Å². The highest BCUT2D eigenvalue weighted by Crippen LogP contribution is 2.45. The molecule has 3 aromatic heterocycles. The molecule has 1 aliphatic carbocycles. The molecule has 0 N–H and O–H groups in total. The van der Waals surface area contributed by atoms with Crippen molar-refractivity contribution >= 4 is 22.5 Å². The average Bonchev–Trinajstić information content (AvgIpc) is 3.37. The van der Waals surface area contributed by atoms with E-state index in [1.54, 1.807) is 0 Å². The Bertz CT molecular complexity index is 1160. The molecule has 3 fully saturated rings.